The van der Waals surface area contributed by atoms with Gasteiger partial charge in [-0.1, -0.05) is 36.4 Å². The van der Waals surface area contributed by atoms with Crippen molar-refractivity contribution in [1.82, 2.24) is 5.32 Å². The first-order valence-electron chi connectivity index (χ1n) is 6.62. The van der Waals surface area contributed by atoms with Gasteiger partial charge < -0.3 is 5.32 Å². The monoisotopic (exact) mass is 257 g/mol. The van der Waals surface area contributed by atoms with Crippen LogP contribution in [0, 0.1) is 19.7 Å². The van der Waals surface area contributed by atoms with Crippen molar-refractivity contribution < 1.29 is 4.39 Å². The number of aryl methyl sites for hydroxylation is 2. The lowest BCUT2D eigenvalue weighted by Crippen LogP contribution is -2.19. The van der Waals surface area contributed by atoms with E-state index < -0.39 is 0 Å². The molecule has 0 bridgehead atoms. The van der Waals surface area contributed by atoms with Crippen molar-refractivity contribution in [1.29, 1.82) is 0 Å². The molecule has 0 aromatic heterocycles. The Balaban J connectivity index is 2.02. The number of benzene rings is 2. The van der Waals surface area contributed by atoms with Crippen molar-refractivity contribution in [2.45, 2.75) is 33.4 Å². The molecule has 0 aliphatic rings. The molecule has 0 radical (unpaired) electrons. The van der Waals surface area contributed by atoms with Crippen LogP contribution in [0.5, 0.6) is 0 Å². The topological polar surface area (TPSA) is 12.0 Å². The van der Waals surface area contributed by atoms with Crippen LogP contribution in [0.4, 0.5) is 4.39 Å². The van der Waals surface area contributed by atoms with E-state index in [0.29, 0.717) is 12.1 Å². The number of nitrogens with one attached hydrogen (secondary N) is 1. The zero-order chi connectivity index (χ0) is 13.8. The zero-order valence-electron chi connectivity index (χ0n) is 11.7. The molecule has 0 spiro atoms. The summed E-state index contributed by atoms with van der Waals surface area (Å²) < 4.78 is 13.5. The average molecular weight is 257 g/mol. The molecule has 1 unspecified atom stereocenters. The minimum Gasteiger partial charge on any atom is -0.306 e. The molecule has 1 nitrogen and oxygen atoms in total. The van der Waals surface area contributed by atoms with Crippen molar-refractivity contribution in [2.24, 2.45) is 0 Å². The molecule has 2 rings (SSSR count). The van der Waals surface area contributed by atoms with E-state index in [1.165, 1.54) is 11.1 Å². The number of hydrogen-bond acceptors (Lipinski definition) is 1. The minimum atomic E-state index is -0.136. The van der Waals surface area contributed by atoms with Gasteiger partial charge in [0.15, 0.2) is 0 Å². The fourth-order valence-electron chi connectivity index (χ4n) is 2.20. The van der Waals surface area contributed by atoms with Gasteiger partial charge in [-0.15, -0.1) is 0 Å². The summed E-state index contributed by atoms with van der Waals surface area (Å²) in [6.07, 6.45) is 0. The SMILES string of the molecule is Cc1ccc(CNC(C)c2ccccc2C)cc1F. The van der Waals surface area contributed by atoms with Crippen LogP contribution in [0.1, 0.15) is 35.2 Å². The summed E-state index contributed by atoms with van der Waals surface area (Å²) in [4.78, 5) is 0. The third-order valence-corrected chi connectivity index (χ3v) is 3.50. The fraction of sp³-hybridized carbons (Fsp3) is 0.294. The van der Waals surface area contributed by atoms with Crippen LogP contribution < -0.4 is 5.32 Å². The Morgan fingerprint density at radius 3 is 2.47 bits per heavy atom. The number of halogens is 1. The van der Waals surface area contributed by atoms with E-state index in [0.717, 1.165) is 5.56 Å². The van der Waals surface area contributed by atoms with Crippen LogP contribution in [0.25, 0.3) is 0 Å². The lowest BCUT2D eigenvalue weighted by molar-refractivity contribution is 0.566. The maximum atomic E-state index is 13.5. The van der Waals surface area contributed by atoms with Gasteiger partial charge in [0.05, 0.1) is 0 Å². The van der Waals surface area contributed by atoms with E-state index >= 15 is 0 Å². The molecule has 19 heavy (non-hydrogen) atoms. The summed E-state index contributed by atoms with van der Waals surface area (Å²) >= 11 is 0. The van der Waals surface area contributed by atoms with Gasteiger partial charge in [0, 0.05) is 12.6 Å². The van der Waals surface area contributed by atoms with Crippen molar-refractivity contribution >= 4 is 0 Å². The molecule has 0 fully saturated rings. The Morgan fingerprint density at radius 1 is 1.05 bits per heavy atom. The molecular weight excluding hydrogens is 237 g/mol. The Kier molecular flexibility index (Phi) is 4.33. The van der Waals surface area contributed by atoms with Gasteiger partial charge in [0.25, 0.3) is 0 Å². The number of hydrogen-bond donors (Lipinski definition) is 1. The van der Waals surface area contributed by atoms with Gasteiger partial charge in [-0.05, 0) is 49.1 Å². The van der Waals surface area contributed by atoms with E-state index in [1.54, 1.807) is 13.0 Å². The maximum Gasteiger partial charge on any atom is 0.126 e. The van der Waals surface area contributed by atoms with Gasteiger partial charge in [0.1, 0.15) is 5.82 Å². The number of rotatable bonds is 4. The highest BCUT2D eigenvalue weighted by atomic mass is 19.1. The predicted octanol–water partition coefficient (Wildman–Crippen LogP) is 4.29. The fourth-order valence-corrected chi connectivity index (χ4v) is 2.20. The van der Waals surface area contributed by atoms with Gasteiger partial charge in [-0.2, -0.15) is 0 Å². The lowest BCUT2D eigenvalue weighted by Gasteiger charge is -2.16. The zero-order valence-corrected chi connectivity index (χ0v) is 11.7. The highest BCUT2D eigenvalue weighted by Crippen LogP contribution is 2.17. The second kappa shape index (κ2) is 5.98. The summed E-state index contributed by atoms with van der Waals surface area (Å²) in [5, 5.41) is 3.44. The van der Waals surface area contributed by atoms with Gasteiger partial charge >= 0.3 is 0 Å². The van der Waals surface area contributed by atoms with Crippen LogP contribution in [0.3, 0.4) is 0 Å². The molecule has 0 amide bonds. The second-order valence-corrected chi connectivity index (χ2v) is 5.04. The Labute approximate surface area is 114 Å². The van der Waals surface area contributed by atoms with E-state index in [4.69, 9.17) is 0 Å². The first-order chi connectivity index (χ1) is 9.08. The van der Waals surface area contributed by atoms with Crippen molar-refractivity contribution in [2.75, 3.05) is 0 Å². The molecule has 1 atom stereocenters. The normalized spacial score (nSPS) is 12.4. The minimum absolute atomic E-state index is 0.136. The maximum absolute atomic E-state index is 13.5. The first-order valence-corrected chi connectivity index (χ1v) is 6.62. The van der Waals surface area contributed by atoms with Crippen LogP contribution in [-0.2, 0) is 6.54 Å². The Bertz CT molecular complexity index is 563. The van der Waals surface area contributed by atoms with Gasteiger partial charge in [0.2, 0.25) is 0 Å². The van der Waals surface area contributed by atoms with E-state index in [2.05, 4.69) is 31.3 Å². The van der Waals surface area contributed by atoms with Crippen LogP contribution in [0.15, 0.2) is 42.5 Å². The quantitative estimate of drug-likeness (QED) is 0.861. The van der Waals surface area contributed by atoms with E-state index in [1.807, 2.05) is 24.3 Å². The summed E-state index contributed by atoms with van der Waals surface area (Å²) in [7, 11) is 0. The van der Waals surface area contributed by atoms with Crippen molar-refractivity contribution in [3.8, 4) is 0 Å². The second-order valence-electron chi connectivity index (χ2n) is 5.04. The molecule has 0 aliphatic heterocycles. The predicted molar refractivity (Wildman–Crippen MR) is 77.6 cm³/mol. The van der Waals surface area contributed by atoms with Crippen LogP contribution in [-0.4, -0.2) is 0 Å². The largest absolute Gasteiger partial charge is 0.306 e. The third-order valence-electron chi connectivity index (χ3n) is 3.50. The molecule has 2 aromatic carbocycles. The summed E-state index contributed by atoms with van der Waals surface area (Å²) in [6, 6.07) is 14.0. The molecule has 0 saturated carbocycles. The molecule has 0 heterocycles. The molecule has 100 valence electrons. The van der Waals surface area contributed by atoms with Gasteiger partial charge in [-0.3, -0.25) is 0 Å². The first kappa shape index (κ1) is 13.8. The van der Waals surface area contributed by atoms with Crippen molar-refractivity contribution in [3.05, 3.63) is 70.5 Å². The standard InChI is InChI=1S/C17H20FN/c1-12-6-4-5-7-16(12)14(3)19-11-15-9-8-13(2)17(18)10-15/h4-10,14,19H,11H2,1-3H3. The molecule has 1 N–H and O–H groups in total. The average Bonchev–Trinajstić information content (AvgIpc) is 2.40. The van der Waals surface area contributed by atoms with Crippen molar-refractivity contribution in [3.63, 3.8) is 0 Å². The lowest BCUT2D eigenvalue weighted by atomic mass is 10.0. The van der Waals surface area contributed by atoms with E-state index in [9.17, 15) is 4.39 Å². The summed E-state index contributed by atoms with van der Waals surface area (Å²) in [5.74, 6) is -0.136. The highest BCUT2D eigenvalue weighted by molar-refractivity contribution is 5.28. The van der Waals surface area contributed by atoms with Crippen LogP contribution >= 0.6 is 0 Å². The molecule has 2 heteroatoms. The van der Waals surface area contributed by atoms with Crippen LogP contribution in [0.2, 0.25) is 0 Å². The Morgan fingerprint density at radius 2 is 1.79 bits per heavy atom. The molecule has 2 aromatic rings. The highest BCUT2D eigenvalue weighted by Gasteiger charge is 2.07. The Hall–Kier alpha value is -1.67. The third kappa shape index (κ3) is 3.42. The molecular formula is C17H20FN. The summed E-state index contributed by atoms with van der Waals surface area (Å²) in [5.41, 5.74) is 4.23. The smallest absolute Gasteiger partial charge is 0.126 e. The van der Waals surface area contributed by atoms with E-state index in [-0.39, 0.29) is 11.9 Å². The van der Waals surface area contributed by atoms with Gasteiger partial charge in [-0.25, -0.2) is 4.39 Å². The summed E-state index contributed by atoms with van der Waals surface area (Å²) in [6.45, 7) is 6.70. The molecule has 0 aliphatic carbocycles. The molecule has 0 saturated heterocycles.